The number of methoxy groups -OCH3 is 1. The van der Waals surface area contributed by atoms with Gasteiger partial charge in [0.05, 0.1) is 23.9 Å². The average Bonchev–Trinajstić information content (AvgIpc) is 2.65. The fourth-order valence-electron chi connectivity index (χ4n) is 2.19. The fourth-order valence-corrected chi connectivity index (χ4v) is 2.19. The third kappa shape index (κ3) is 2.57. The van der Waals surface area contributed by atoms with E-state index < -0.39 is 24.3 Å². The molecule has 0 amide bonds. The van der Waals surface area contributed by atoms with Gasteiger partial charge in [0.2, 0.25) is 0 Å². The minimum Gasteiger partial charge on any atom is -0.465 e. The second kappa shape index (κ2) is 5.21. The van der Waals surface area contributed by atoms with Gasteiger partial charge in [-0.1, -0.05) is 12.0 Å². The van der Waals surface area contributed by atoms with Gasteiger partial charge >= 0.3 is 13.1 Å². The number of carbonyl (C=O) groups excluding carboxylic acids is 1. The molecule has 0 aliphatic carbocycles. The number of hydrogen-bond acceptors (Lipinski definition) is 4. The van der Waals surface area contributed by atoms with Crippen LogP contribution in [-0.4, -0.2) is 31.4 Å². The summed E-state index contributed by atoms with van der Waals surface area (Å²) in [6.45, 7) is 7.79. The van der Waals surface area contributed by atoms with E-state index in [1.165, 1.54) is 7.11 Å². The maximum Gasteiger partial charge on any atom is 0.497 e. The van der Waals surface area contributed by atoms with E-state index in [4.69, 9.17) is 20.5 Å². The monoisotopic (exact) mass is 286 g/mol. The van der Waals surface area contributed by atoms with Crippen LogP contribution in [0.3, 0.4) is 0 Å². The molecule has 1 fully saturated rings. The summed E-state index contributed by atoms with van der Waals surface area (Å²) >= 11 is 0. The van der Waals surface area contributed by atoms with E-state index in [-0.39, 0.29) is 0 Å². The van der Waals surface area contributed by atoms with Gasteiger partial charge < -0.3 is 14.0 Å². The molecule has 0 unspecified atom stereocenters. The van der Waals surface area contributed by atoms with Gasteiger partial charge in [0.15, 0.2) is 0 Å². The van der Waals surface area contributed by atoms with Crippen molar-refractivity contribution in [1.29, 1.82) is 0 Å². The number of ether oxygens (including phenoxy) is 1. The molecule has 1 aliphatic heterocycles. The molecule has 0 atom stereocenters. The molecule has 1 aromatic carbocycles. The maximum atomic E-state index is 12.0. The highest BCUT2D eigenvalue weighted by atomic mass is 16.7. The first kappa shape index (κ1) is 15.6. The number of esters is 1. The second-order valence-corrected chi connectivity index (χ2v) is 5.99. The number of benzene rings is 1. The van der Waals surface area contributed by atoms with E-state index in [0.29, 0.717) is 16.6 Å². The lowest BCUT2D eigenvalue weighted by atomic mass is 9.73. The Morgan fingerprint density at radius 1 is 1.24 bits per heavy atom. The molecular weight excluding hydrogens is 267 g/mol. The van der Waals surface area contributed by atoms with Crippen LogP contribution < -0.4 is 5.46 Å². The summed E-state index contributed by atoms with van der Waals surface area (Å²) in [4.78, 5) is 12.0. The van der Waals surface area contributed by atoms with Gasteiger partial charge in [-0.15, -0.1) is 6.42 Å². The lowest BCUT2D eigenvalue weighted by Crippen LogP contribution is -2.41. The van der Waals surface area contributed by atoms with Crippen molar-refractivity contribution >= 4 is 18.6 Å². The first-order valence-electron chi connectivity index (χ1n) is 6.77. The van der Waals surface area contributed by atoms with Crippen LogP contribution in [0.1, 0.15) is 43.6 Å². The Bertz CT molecular complexity index is 597. The third-order valence-corrected chi connectivity index (χ3v) is 4.16. The molecule has 0 N–H and O–H groups in total. The standard InChI is InChI=1S/C16H19BO4/c1-7-11-9-8-10-12(14(18)19-6)13(11)17-20-15(2,3)16(4,5)21-17/h1,8-10H,2-6H3. The third-order valence-electron chi connectivity index (χ3n) is 4.16. The van der Waals surface area contributed by atoms with Crippen LogP contribution in [0.5, 0.6) is 0 Å². The first-order chi connectivity index (χ1) is 9.73. The van der Waals surface area contributed by atoms with E-state index in [9.17, 15) is 4.79 Å². The van der Waals surface area contributed by atoms with E-state index >= 15 is 0 Å². The molecule has 1 aromatic rings. The zero-order valence-corrected chi connectivity index (χ0v) is 13.0. The van der Waals surface area contributed by atoms with Crippen molar-refractivity contribution < 1.29 is 18.8 Å². The summed E-state index contributed by atoms with van der Waals surface area (Å²) < 4.78 is 16.8. The molecule has 110 valence electrons. The highest BCUT2D eigenvalue weighted by molar-refractivity contribution is 6.64. The lowest BCUT2D eigenvalue weighted by molar-refractivity contribution is 0.00578. The summed E-state index contributed by atoms with van der Waals surface area (Å²) in [6, 6.07) is 5.13. The average molecular weight is 286 g/mol. The topological polar surface area (TPSA) is 44.8 Å². The molecule has 1 aliphatic rings. The molecule has 21 heavy (non-hydrogen) atoms. The zero-order valence-electron chi connectivity index (χ0n) is 13.0. The van der Waals surface area contributed by atoms with Crippen molar-refractivity contribution in [1.82, 2.24) is 0 Å². The van der Waals surface area contributed by atoms with Crippen molar-refractivity contribution in [3.05, 3.63) is 29.3 Å². The highest BCUT2D eigenvalue weighted by Crippen LogP contribution is 2.37. The molecule has 0 aromatic heterocycles. The van der Waals surface area contributed by atoms with Gasteiger partial charge in [0.25, 0.3) is 0 Å². The maximum absolute atomic E-state index is 12.0. The lowest BCUT2D eigenvalue weighted by Gasteiger charge is -2.32. The molecule has 2 rings (SSSR count). The number of terminal acetylenes is 1. The number of carbonyl (C=O) groups is 1. The normalized spacial score (nSPS) is 19.1. The van der Waals surface area contributed by atoms with Gasteiger partial charge in [0, 0.05) is 11.0 Å². The summed E-state index contributed by atoms with van der Waals surface area (Å²) in [5.74, 6) is 2.12. The Morgan fingerprint density at radius 3 is 2.29 bits per heavy atom. The smallest absolute Gasteiger partial charge is 0.465 e. The van der Waals surface area contributed by atoms with Crippen LogP contribution in [0.15, 0.2) is 18.2 Å². The molecular formula is C16H19BO4. The van der Waals surface area contributed by atoms with Crippen molar-refractivity contribution in [3.63, 3.8) is 0 Å². The van der Waals surface area contributed by atoms with E-state index in [1.807, 2.05) is 27.7 Å². The Balaban J connectivity index is 2.55. The van der Waals surface area contributed by atoms with Crippen molar-refractivity contribution in [2.75, 3.05) is 7.11 Å². The van der Waals surface area contributed by atoms with Crippen LogP contribution >= 0.6 is 0 Å². The quantitative estimate of drug-likeness (QED) is 0.472. The van der Waals surface area contributed by atoms with Crippen LogP contribution in [-0.2, 0) is 14.0 Å². The Kier molecular flexibility index (Phi) is 3.88. The first-order valence-corrected chi connectivity index (χ1v) is 6.77. The molecule has 4 nitrogen and oxygen atoms in total. The molecule has 0 bridgehead atoms. The summed E-state index contributed by atoms with van der Waals surface area (Å²) in [5.41, 5.74) is 0.466. The van der Waals surface area contributed by atoms with Crippen molar-refractivity contribution in [2.45, 2.75) is 38.9 Å². The number of hydrogen-bond donors (Lipinski definition) is 0. The second-order valence-electron chi connectivity index (χ2n) is 5.99. The van der Waals surface area contributed by atoms with Crippen LogP contribution in [0, 0.1) is 12.3 Å². The van der Waals surface area contributed by atoms with Gasteiger partial charge in [-0.3, -0.25) is 0 Å². The summed E-state index contributed by atoms with van der Waals surface area (Å²) in [5, 5.41) is 0. The minimum atomic E-state index is -0.698. The van der Waals surface area contributed by atoms with Gasteiger partial charge in [0.1, 0.15) is 0 Å². The number of rotatable bonds is 2. The largest absolute Gasteiger partial charge is 0.497 e. The van der Waals surface area contributed by atoms with Crippen molar-refractivity contribution in [2.24, 2.45) is 0 Å². The summed E-state index contributed by atoms with van der Waals surface area (Å²) in [6.07, 6.45) is 5.55. The Labute approximate surface area is 125 Å². The van der Waals surface area contributed by atoms with Crippen LogP contribution in [0.25, 0.3) is 0 Å². The molecule has 1 heterocycles. The Morgan fingerprint density at radius 2 is 1.81 bits per heavy atom. The van der Waals surface area contributed by atoms with Gasteiger partial charge in [-0.25, -0.2) is 4.79 Å². The molecule has 0 spiro atoms. The van der Waals surface area contributed by atoms with E-state index in [2.05, 4.69) is 5.92 Å². The SMILES string of the molecule is C#Cc1cccc(C(=O)OC)c1B1OC(C)(C)C(C)(C)O1. The van der Waals surface area contributed by atoms with E-state index in [1.54, 1.807) is 18.2 Å². The predicted octanol–water partition coefficient (Wildman–Crippen LogP) is 1.75. The molecule has 0 radical (unpaired) electrons. The van der Waals surface area contributed by atoms with Gasteiger partial charge in [-0.2, -0.15) is 0 Å². The predicted molar refractivity (Wildman–Crippen MR) is 81.4 cm³/mol. The van der Waals surface area contributed by atoms with Gasteiger partial charge in [-0.05, 0) is 39.8 Å². The molecule has 0 saturated carbocycles. The fraction of sp³-hybridized carbons (Fsp3) is 0.438. The molecule has 5 heteroatoms. The van der Waals surface area contributed by atoms with Crippen LogP contribution in [0.4, 0.5) is 0 Å². The zero-order chi connectivity index (χ0) is 15.8. The Hall–Kier alpha value is -1.77. The minimum absolute atomic E-state index is 0.367. The highest BCUT2D eigenvalue weighted by Gasteiger charge is 2.53. The molecule has 1 saturated heterocycles. The van der Waals surface area contributed by atoms with Crippen LogP contribution in [0.2, 0.25) is 0 Å². The van der Waals surface area contributed by atoms with Crippen molar-refractivity contribution in [3.8, 4) is 12.3 Å². The summed E-state index contributed by atoms with van der Waals surface area (Å²) in [7, 11) is 0.634. The van der Waals surface area contributed by atoms with E-state index in [0.717, 1.165) is 0 Å².